The van der Waals surface area contributed by atoms with Gasteiger partial charge in [-0.1, -0.05) is 49.3 Å². The minimum absolute atomic E-state index is 0.501. The molecule has 2 nitrogen and oxygen atoms in total. The van der Waals surface area contributed by atoms with Crippen LogP contribution in [0.3, 0.4) is 0 Å². The number of aromatic nitrogens is 1. The second-order valence-corrected chi connectivity index (χ2v) is 6.04. The Kier molecular flexibility index (Phi) is 5.25. The minimum atomic E-state index is 0.501. The van der Waals surface area contributed by atoms with Crippen molar-refractivity contribution in [2.75, 3.05) is 0 Å². The molecule has 0 atom stereocenters. The summed E-state index contributed by atoms with van der Waals surface area (Å²) in [7, 11) is 0. The van der Waals surface area contributed by atoms with Crippen molar-refractivity contribution in [2.24, 2.45) is 0 Å². The third kappa shape index (κ3) is 4.53. The van der Waals surface area contributed by atoms with Crippen LogP contribution in [0.25, 0.3) is 0 Å². The number of nitrogens with one attached hydrogen (secondary N) is 1. The summed E-state index contributed by atoms with van der Waals surface area (Å²) in [5.41, 5.74) is 1.28. The number of hydrogen-bond acceptors (Lipinski definition) is 3. The molecule has 0 amide bonds. The van der Waals surface area contributed by atoms with Gasteiger partial charge < -0.3 is 5.32 Å². The molecule has 0 aliphatic carbocycles. The van der Waals surface area contributed by atoms with Gasteiger partial charge in [0.2, 0.25) is 0 Å². The summed E-state index contributed by atoms with van der Waals surface area (Å²) in [6.07, 6.45) is 1.76. The fourth-order valence-electron chi connectivity index (χ4n) is 1.56. The van der Waals surface area contributed by atoms with E-state index in [0.717, 1.165) is 16.5 Å². The van der Waals surface area contributed by atoms with E-state index in [1.165, 1.54) is 5.56 Å². The minimum Gasteiger partial charge on any atom is -0.310 e. The first kappa shape index (κ1) is 14.4. The van der Waals surface area contributed by atoms with Gasteiger partial charge in [-0.3, -0.25) is 0 Å². The first-order chi connectivity index (χ1) is 9.15. The smallest absolute Gasteiger partial charge is 0.119 e. The Morgan fingerprint density at radius 2 is 1.95 bits per heavy atom. The van der Waals surface area contributed by atoms with Crippen molar-refractivity contribution in [1.82, 2.24) is 10.3 Å². The number of pyridine rings is 1. The zero-order valence-corrected chi connectivity index (χ0v) is 12.6. The molecule has 0 aliphatic rings. The Balaban J connectivity index is 2.01. The highest BCUT2D eigenvalue weighted by Gasteiger charge is 2.03. The summed E-state index contributed by atoms with van der Waals surface area (Å²) >= 11 is 7.68. The van der Waals surface area contributed by atoms with Gasteiger partial charge in [0.15, 0.2) is 0 Å². The number of hydrogen-bond donors (Lipinski definition) is 1. The molecule has 0 saturated heterocycles. The van der Waals surface area contributed by atoms with Crippen molar-refractivity contribution in [1.29, 1.82) is 0 Å². The standard InChI is InChI=1S/C15H17ClN2S/c1-11(2)18-10-12-5-7-13(8-6-12)19-15-14(16)4-3-9-17-15/h3-9,11,18H,10H2,1-2H3. The monoisotopic (exact) mass is 292 g/mol. The Hall–Kier alpha value is -1.03. The lowest BCUT2D eigenvalue weighted by Gasteiger charge is -2.08. The predicted octanol–water partition coefficient (Wildman–Crippen LogP) is 4.38. The lowest BCUT2D eigenvalue weighted by atomic mass is 10.2. The second-order valence-electron chi connectivity index (χ2n) is 4.57. The van der Waals surface area contributed by atoms with Gasteiger partial charge >= 0.3 is 0 Å². The van der Waals surface area contributed by atoms with Gasteiger partial charge in [0.05, 0.1) is 5.02 Å². The third-order valence-electron chi connectivity index (χ3n) is 2.58. The molecule has 0 saturated carbocycles. The molecule has 1 aromatic heterocycles. The van der Waals surface area contributed by atoms with E-state index < -0.39 is 0 Å². The van der Waals surface area contributed by atoms with E-state index in [4.69, 9.17) is 11.6 Å². The van der Waals surface area contributed by atoms with Gasteiger partial charge in [-0.15, -0.1) is 0 Å². The van der Waals surface area contributed by atoms with Crippen molar-refractivity contribution >= 4 is 23.4 Å². The van der Waals surface area contributed by atoms with Crippen LogP contribution in [0.5, 0.6) is 0 Å². The molecule has 2 aromatic rings. The molecular weight excluding hydrogens is 276 g/mol. The SMILES string of the molecule is CC(C)NCc1ccc(Sc2ncccc2Cl)cc1. The third-order valence-corrected chi connectivity index (χ3v) is 4.02. The maximum atomic E-state index is 6.10. The summed E-state index contributed by atoms with van der Waals surface area (Å²) in [6.45, 7) is 5.19. The van der Waals surface area contributed by atoms with Crippen LogP contribution in [-0.2, 0) is 6.54 Å². The number of rotatable bonds is 5. The Labute approximate surface area is 123 Å². The fraction of sp³-hybridized carbons (Fsp3) is 0.267. The molecule has 1 N–H and O–H groups in total. The average Bonchev–Trinajstić information content (AvgIpc) is 2.40. The maximum absolute atomic E-state index is 6.10. The lowest BCUT2D eigenvalue weighted by Crippen LogP contribution is -2.21. The molecule has 0 radical (unpaired) electrons. The molecule has 0 spiro atoms. The Morgan fingerprint density at radius 3 is 2.58 bits per heavy atom. The molecule has 0 bridgehead atoms. The summed E-state index contributed by atoms with van der Waals surface area (Å²) in [5.74, 6) is 0. The molecule has 2 rings (SSSR count). The topological polar surface area (TPSA) is 24.9 Å². The fourth-order valence-corrected chi connectivity index (χ4v) is 2.57. The molecule has 0 unspecified atom stereocenters. The molecule has 4 heteroatoms. The van der Waals surface area contributed by atoms with E-state index in [1.807, 2.05) is 12.1 Å². The van der Waals surface area contributed by atoms with Crippen LogP contribution >= 0.6 is 23.4 Å². The highest BCUT2D eigenvalue weighted by Crippen LogP contribution is 2.31. The van der Waals surface area contributed by atoms with Crippen LogP contribution < -0.4 is 5.32 Å². The first-order valence-corrected chi connectivity index (χ1v) is 7.45. The molecule has 0 aliphatic heterocycles. The van der Waals surface area contributed by atoms with Gasteiger partial charge in [0.25, 0.3) is 0 Å². The van der Waals surface area contributed by atoms with Crippen LogP contribution in [-0.4, -0.2) is 11.0 Å². The largest absolute Gasteiger partial charge is 0.310 e. The van der Waals surface area contributed by atoms with Crippen molar-refractivity contribution in [3.8, 4) is 0 Å². The highest BCUT2D eigenvalue weighted by molar-refractivity contribution is 7.99. The van der Waals surface area contributed by atoms with Crippen molar-refractivity contribution < 1.29 is 0 Å². The van der Waals surface area contributed by atoms with Gasteiger partial charge in [0, 0.05) is 23.7 Å². The quantitative estimate of drug-likeness (QED) is 0.885. The molecule has 0 fully saturated rings. The lowest BCUT2D eigenvalue weighted by molar-refractivity contribution is 0.588. The zero-order valence-electron chi connectivity index (χ0n) is 11.1. The second kappa shape index (κ2) is 6.94. The van der Waals surface area contributed by atoms with E-state index in [2.05, 4.69) is 48.4 Å². The predicted molar refractivity (Wildman–Crippen MR) is 81.8 cm³/mol. The van der Waals surface area contributed by atoms with Gasteiger partial charge in [-0.05, 0) is 29.8 Å². The number of nitrogens with zero attached hydrogens (tertiary/aromatic N) is 1. The zero-order chi connectivity index (χ0) is 13.7. The number of halogens is 1. The van der Waals surface area contributed by atoms with Crippen LogP contribution in [0.2, 0.25) is 5.02 Å². The summed E-state index contributed by atoms with van der Waals surface area (Å²) in [4.78, 5) is 5.42. The van der Waals surface area contributed by atoms with Crippen LogP contribution in [0.15, 0.2) is 52.5 Å². The Bertz CT molecular complexity index is 526. The van der Waals surface area contributed by atoms with E-state index in [0.29, 0.717) is 11.1 Å². The van der Waals surface area contributed by atoms with Crippen molar-refractivity contribution in [3.05, 3.63) is 53.2 Å². The van der Waals surface area contributed by atoms with E-state index in [9.17, 15) is 0 Å². The van der Waals surface area contributed by atoms with Crippen molar-refractivity contribution in [2.45, 2.75) is 36.4 Å². The van der Waals surface area contributed by atoms with E-state index in [-0.39, 0.29) is 0 Å². The summed E-state index contributed by atoms with van der Waals surface area (Å²) in [6, 6.07) is 12.7. The Morgan fingerprint density at radius 1 is 1.21 bits per heavy atom. The number of benzene rings is 1. The highest BCUT2D eigenvalue weighted by atomic mass is 35.5. The average molecular weight is 293 g/mol. The van der Waals surface area contributed by atoms with Gasteiger partial charge in [0.1, 0.15) is 5.03 Å². The van der Waals surface area contributed by atoms with E-state index in [1.54, 1.807) is 18.0 Å². The first-order valence-electron chi connectivity index (χ1n) is 6.26. The van der Waals surface area contributed by atoms with Gasteiger partial charge in [-0.2, -0.15) is 0 Å². The molecule has 19 heavy (non-hydrogen) atoms. The maximum Gasteiger partial charge on any atom is 0.119 e. The molecular formula is C15H17ClN2S. The summed E-state index contributed by atoms with van der Waals surface area (Å²) in [5, 5.41) is 4.94. The van der Waals surface area contributed by atoms with E-state index >= 15 is 0 Å². The van der Waals surface area contributed by atoms with Gasteiger partial charge in [-0.25, -0.2) is 4.98 Å². The molecule has 1 heterocycles. The van der Waals surface area contributed by atoms with Crippen LogP contribution in [0, 0.1) is 0 Å². The molecule has 100 valence electrons. The summed E-state index contributed by atoms with van der Waals surface area (Å²) < 4.78 is 0. The van der Waals surface area contributed by atoms with Crippen LogP contribution in [0.1, 0.15) is 19.4 Å². The molecule has 1 aromatic carbocycles. The van der Waals surface area contributed by atoms with Crippen LogP contribution in [0.4, 0.5) is 0 Å². The van der Waals surface area contributed by atoms with Crippen molar-refractivity contribution in [3.63, 3.8) is 0 Å². The normalized spacial score (nSPS) is 10.9.